The van der Waals surface area contributed by atoms with E-state index < -0.39 is 0 Å². The molecule has 0 bridgehead atoms. The summed E-state index contributed by atoms with van der Waals surface area (Å²) in [5, 5.41) is 0. The van der Waals surface area contributed by atoms with Gasteiger partial charge in [0.15, 0.2) is 0 Å². The Hall–Kier alpha value is -1.72. The molecule has 1 aromatic rings. The van der Waals surface area contributed by atoms with Crippen molar-refractivity contribution < 1.29 is 0 Å². The zero-order valence-corrected chi connectivity index (χ0v) is 9.20. The van der Waals surface area contributed by atoms with Crippen LogP contribution in [0.4, 0.5) is 5.69 Å². The third-order valence-corrected chi connectivity index (χ3v) is 2.54. The minimum atomic E-state index is 0.913. The third-order valence-electron chi connectivity index (χ3n) is 2.54. The number of aryl methyl sites for hydroxylation is 1. The van der Waals surface area contributed by atoms with Gasteiger partial charge in [0.25, 0.3) is 0 Å². The van der Waals surface area contributed by atoms with E-state index in [1.807, 2.05) is 12.2 Å². The molecule has 0 N–H and O–H groups in total. The Bertz CT molecular complexity index is 431. The van der Waals surface area contributed by atoms with Gasteiger partial charge in [0.2, 0.25) is 0 Å². The largest absolute Gasteiger partial charge is 0.370 e. The van der Waals surface area contributed by atoms with E-state index in [4.69, 9.17) is 0 Å². The van der Waals surface area contributed by atoms with Crippen LogP contribution >= 0.6 is 0 Å². The standard InChI is InChI=1S/C14H15N/c1-12-7-9-14(10-8-12)15(2)11-13-5-3-4-6-13/h3-5,7-10H,11H2,1-2H3. The Labute approximate surface area is 91.0 Å². The van der Waals surface area contributed by atoms with Gasteiger partial charge in [0, 0.05) is 24.9 Å². The molecule has 0 atom stereocenters. The Balaban J connectivity index is 2.07. The fraction of sp³-hybridized carbons (Fsp3) is 0.214. The average molecular weight is 197 g/mol. The number of likely N-dealkylation sites (N-methyl/N-ethyl adjacent to an activating group) is 1. The van der Waals surface area contributed by atoms with E-state index in [1.54, 1.807) is 0 Å². The summed E-state index contributed by atoms with van der Waals surface area (Å²) in [6.07, 6.45) is 6.08. The molecule has 0 aliphatic heterocycles. The van der Waals surface area contributed by atoms with E-state index in [9.17, 15) is 0 Å². The van der Waals surface area contributed by atoms with Crippen molar-refractivity contribution in [2.45, 2.75) is 6.92 Å². The second-order valence-corrected chi connectivity index (χ2v) is 3.89. The number of benzene rings is 1. The maximum atomic E-state index is 3.21. The van der Waals surface area contributed by atoms with Crippen LogP contribution in [-0.2, 0) is 0 Å². The fourth-order valence-corrected chi connectivity index (χ4v) is 1.61. The molecule has 0 aromatic heterocycles. The molecular formula is C14H15N. The molecule has 1 aromatic carbocycles. The van der Waals surface area contributed by atoms with Gasteiger partial charge in [0.1, 0.15) is 0 Å². The number of rotatable bonds is 3. The lowest BCUT2D eigenvalue weighted by Gasteiger charge is -2.18. The summed E-state index contributed by atoms with van der Waals surface area (Å²) in [5.74, 6) is 0. The minimum absolute atomic E-state index is 0.913. The van der Waals surface area contributed by atoms with Gasteiger partial charge in [0.05, 0.1) is 0 Å². The molecule has 76 valence electrons. The van der Waals surface area contributed by atoms with Crippen LogP contribution in [0.5, 0.6) is 0 Å². The topological polar surface area (TPSA) is 3.24 Å². The van der Waals surface area contributed by atoms with Gasteiger partial charge in [-0.3, -0.25) is 0 Å². The Morgan fingerprint density at radius 1 is 1.20 bits per heavy atom. The summed E-state index contributed by atoms with van der Waals surface area (Å²) in [4.78, 5) is 2.23. The first kappa shape index (κ1) is 9.82. The monoisotopic (exact) mass is 197 g/mol. The third kappa shape index (κ3) is 2.39. The summed E-state index contributed by atoms with van der Waals surface area (Å²) in [5.41, 5.74) is 6.99. The van der Waals surface area contributed by atoms with E-state index in [-0.39, 0.29) is 0 Å². The van der Waals surface area contributed by atoms with Crippen LogP contribution in [0.2, 0.25) is 0 Å². The molecule has 1 nitrogen and oxygen atoms in total. The van der Waals surface area contributed by atoms with Gasteiger partial charge in [-0.25, -0.2) is 0 Å². The fourth-order valence-electron chi connectivity index (χ4n) is 1.61. The van der Waals surface area contributed by atoms with Crippen molar-refractivity contribution in [1.82, 2.24) is 0 Å². The number of nitrogens with zero attached hydrogens (tertiary/aromatic N) is 1. The summed E-state index contributed by atoms with van der Waals surface area (Å²) in [6, 6.07) is 8.58. The highest BCUT2D eigenvalue weighted by Gasteiger charge is 2.02. The van der Waals surface area contributed by atoms with Gasteiger partial charge in [-0.05, 0) is 31.2 Å². The molecule has 0 spiro atoms. The molecule has 1 aliphatic rings. The second kappa shape index (κ2) is 4.20. The van der Waals surface area contributed by atoms with Gasteiger partial charge >= 0.3 is 0 Å². The molecule has 0 saturated heterocycles. The molecule has 1 heteroatoms. The summed E-state index contributed by atoms with van der Waals surface area (Å²) < 4.78 is 0. The van der Waals surface area contributed by atoms with Crippen molar-refractivity contribution in [1.29, 1.82) is 0 Å². The average Bonchev–Trinajstić information content (AvgIpc) is 2.71. The molecule has 15 heavy (non-hydrogen) atoms. The molecule has 0 amide bonds. The van der Waals surface area contributed by atoms with Crippen LogP contribution in [-0.4, -0.2) is 13.6 Å². The minimum Gasteiger partial charge on any atom is -0.370 e. The van der Waals surface area contributed by atoms with E-state index in [1.165, 1.54) is 16.8 Å². The maximum Gasteiger partial charge on any atom is 0.0498 e. The van der Waals surface area contributed by atoms with Gasteiger partial charge in [-0.1, -0.05) is 23.8 Å². The smallest absolute Gasteiger partial charge is 0.0498 e. The van der Waals surface area contributed by atoms with Crippen molar-refractivity contribution in [3.05, 3.63) is 59.4 Å². The predicted molar refractivity (Wildman–Crippen MR) is 65.2 cm³/mol. The quantitative estimate of drug-likeness (QED) is 0.673. The van der Waals surface area contributed by atoms with Crippen LogP contribution in [0.25, 0.3) is 0 Å². The van der Waals surface area contributed by atoms with Crippen molar-refractivity contribution in [3.63, 3.8) is 0 Å². The Kier molecular flexibility index (Phi) is 2.75. The normalized spacial score (nSPS) is 13.1. The molecule has 0 radical (unpaired) electrons. The van der Waals surface area contributed by atoms with Crippen molar-refractivity contribution in [2.24, 2.45) is 0 Å². The van der Waals surface area contributed by atoms with Gasteiger partial charge < -0.3 is 4.90 Å². The number of hydrogen-bond acceptors (Lipinski definition) is 1. The maximum absolute atomic E-state index is 3.21. The van der Waals surface area contributed by atoms with E-state index in [0.717, 1.165) is 6.54 Å². The number of hydrogen-bond donors (Lipinski definition) is 0. The highest BCUT2D eigenvalue weighted by molar-refractivity contribution is 5.49. The lowest BCUT2D eigenvalue weighted by atomic mass is 10.2. The van der Waals surface area contributed by atoms with E-state index in [0.29, 0.717) is 0 Å². The van der Waals surface area contributed by atoms with Crippen LogP contribution < -0.4 is 4.90 Å². The van der Waals surface area contributed by atoms with Crippen LogP contribution in [0.15, 0.2) is 53.8 Å². The van der Waals surface area contributed by atoms with Crippen molar-refractivity contribution >= 4 is 5.69 Å². The van der Waals surface area contributed by atoms with E-state index in [2.05, 4.69) is 54.9 Å². The molecule has 1 aliphatic carbocycles. The predicted octanol–water partition coefficient (Wildman–Crippen LogP) is 3.08. The lowest BCUT2D eigenvalue weighted by Crippen LogP contribution is -2.18. The molecule has 2 rings (SSSR count). The zero-order valence-electron chi connectivity index (χ0n) is 9.20. The first-order chi connectivity index (χ1) is 7.25. The van der Waals surface area contributed by atoms with Crippen molar-refractivity contribution in [3.8, 4) is 0 Å². The highest BCUT2D eigenvalue weighted by atomic mass is 15.1. The summed E-state index contributed by atoms with van der Waals surface area (Å²) in [6.45, 7) is 3.02. The highest BCUT2D eigenvalue weighted by Crippen LogP contribution is 2.15. The molecule has 0 saturated carbocycles. The summed E-state index contributed by atoms with van der Waals surface area (Å²) in [7, 11) is 2.10. The number of anilines is 1. The van der Waals surface area contributed by atoms with Crippen molar-refractivity contribution in [2.75, 3.05) is 18.5 Å². The molecular weight excluding hydrogens is 182 g/mol. The second-order valence-electron chi connectivity index (χ2n) is 3.89. The number of allylic oxidation sites excluding steroid dienone is 1. The van der Waals surface area contributed by atoms with Crippen LogP contribution in [0.1, 0.15) is 5.56 Å². The Morgan fingerprint density at radius 3 is 2.53 bits per heavy atom. The van der Waals surface area contributed by atoms with Crippen LogP contribution in [0, 0.1) is 6.92 Å². The lowest BCUT2D eigenvalue weighted by molar-refractivity contribution is 1.00. The van der Waals surface area contributed by atoms with Crippen LogP contribution in [0.3, 0.4) is 0 Å². The molecule has 0 unspecified atom stereocenters. The first-order valence-electron chi connectivity index (χ1n) is 5.16. The molecule has 0 fully saturated rings. The first-order valence-corrected chi connectivity index (χ1v) is 5.16. The van der Waals surface area contributed by atoms with E-state index >= 15 is 0 Å². The summed E-state index contributed by atoms with van der Waals surface area (Å²) >= 11 is 0. The molecule has 0 heterocycles. The zero-order chi connectivity index (χ0) is 10.7. The van der Waals surface area contributed by atoms with Gasteiger partial charge in [-0.2, -0.15) is 0 Å². The van der Waals surface area contributed by atoms with Gasteiger partial charge in [-0.15, -0.1) is 5.73 Å². The SMILES string of the molecule is Cc1ccc(N(C)CC2=C=CC=C2)cc1. The Morgan fingerprint density at radius 2 is 1.93 bits per heavy atom.